The molecule has 1 amide bonds. The van der Waals surface area contributed by atoms with Gasteiger partial charge in [-0.3, -0.25) is 4.79 Å². The number of carbonyl (C=O) groups excluding carboxylic acids is 1. The molecule has 116 valence electrons. The zero-order valence-corrected chi connectivity index (χ0v) is 12.5. The Balaban J connectivity index is 2.29. The molecule has 1 heterocycles. The first-order valence-electron chi connectivity index (χ1n) is 6.51. The van der Waals surface area contributed by atoms with Crippen LogP contribution >= 0.6 is 0 Å². The summed E-state index contributed by atoms with van der Waals surface area (Å²) < 4.78 is 31.2. The number of methoxy groups -OCH3 is 1. The van der Waals surface area contributed by atoms with Gasteiger partial charge in [0.05, 0.1) is 24.5 Å². The first-order chi connectivity index (χ1) is 9.98. The van der Waals surface area contributed by atoms with Crippen LogP contribution in [0.2, 0.25) is 0 Å². The Morgan fingerprint density at radius 2 is 2.14 bits per heavy atom. The minimum atomic E-state index is -3.72. The van der Waals surface area contributed by atoms with Gasteiger partial charge >= 0.3 is 0 Å². The number of anilines is 1. The van der Waals surface area contributed by atoms with E-state index in [1.807, 2.05) is 0 Å². The first kappa shape index (κ1) is 15.9. The highest BCUT2D eigenvalue weighted by Gasteiger charge is 2.26. The monoisotopic (exact) mass is 314 g/mol. The van der Waals surface area contributed by atoms with E-state index in [1.54, 1.807) is 6.07 Å². The number of carbonyl (C=O) groups is 1. The Labute approximate surface area is 123 Å². The number of sulfonamides is 1. The van der Waals surface area contributed by atoms with Crippen LogP contribution in [-0.2, 0) is 26.0 Å². The predicted molar refractivity (Wildman–Crippen MR) is 76.5 cm³/mol. The molecule has 0 atom stereocenters. The van der Waals surface area contributed by atoms with Crippen molar-refractivity contribution < 1.29 is 23.1 Å². The molecule has 1 aromatic rings. The number of hydrogen-bond donors (Lipinski definition) is 2. The number of rotatable bonds is 7. The first-order valence-corrected chi connectivity index (χ1v) is 7.95. The van der Waals surface area contributed by atoms with Crippen molar-refractivity contribution >= 4 is 21.6 Å². The standard InChI is InChI=1S/C13H18N2O5S/c1-20-7-5-15(4-6-16)21(18,19)11-2-3-12-10(8-11)9-13(17)14-12/h2-3,8,16H,4-7,9H2,1H3,(H,14,17). The molecule has 8 heteroatoms. The fourth-order valence-corrected chi connectivity index (χ4v) is 3.64. The fraction of sp³-hybridized carbons (Fsp3) is 0.462. The summed E-state index contributed by atoms with van der Waals surface area (Å²) in [5, 5.41) is 11.7. The summed E-state index contributed by atoms with van der Waals surface area (Å²) in [4.78, 5) is 11.4. The molecule has 2 N–H and O–H groups in total. The lowest BCUT2D eigenvalue weighted by atomic mass is 10.2. The summed E-state index contributed by atoms with van der Waals surface area (Å²) in [6, 6.07) is 4.54. The maximum atomic E-state index is 12.6. The molecule has 0 saturated carbocycles. The van der Waals surface area contributed by atoms with E-state index in [0.29, 0.717) is 11.3 Å². The number of benzene rings is 1. The van der Waals surface area contributed by atoms with Crippen LogP contribution in [0.5, 0.6) is 0 Å². The Kier molecular flexibility index (Phi) is 4.94. The van der Waals surface area contributed by atoms with E-state index in [-0.39, 0.29) is 43.5 Å². The number of nitrogens with zero attached hydrogens (tertiary/aromatic N) is 1. The highest BCUT2D eigenvalue weighted by atomic mass is 32.2. The summed E-state index contributed by atoms with van der Waals surface area (Å²) in [5.41, 5.74) is 1.31. The summed E-state index contributed by atoms with van der Waals surface area (Å²) in [7, 11) is -2.24. The lowest BCUT2D eigenvalue weighted by molar-refractivity contribution is -0.115. The quantitative estimate of drug-likeness (QED) is 0.727. The van der Waals surface area contributed by atoms with Crippen LogP contribution in [-0.4, -0.2) is 57.1 Å². The van der Waals surface area contributed by atoms with Crippen LogP contribution in [0.4, 0.5) is 5.69 Å². The van der Waals surface area contributed by atoms with Crippen LogP contribution in [0.25, 0.3) is 0 Å². The number of ether oxygens (including phenoxy) is 1. The van der Waals surface area contributed by atoms with E-state index in [1.165, 1.54) is 23.5 Å². The van der Waals surface area contributed by atoms with Crippen molar-refractivity contribution in [2.45, 2.75) is 11.3 Å². The Morgan fingerprint density at radius 3 is 2.81 bits per heavy atom. The third kappa shape index (κ3) is 3.41. The van der Waals surface area contributed by atoms with Gasteiger partial charge in [-0.25, -0.2) is 8.42 Å². The van der Waals surface area contributed by atoms with Crippen molar-refractivity contribution in [2.75, 3.05) is 38.7 Å². The lowest BCUT2D eigenvalue weighted by Gasteiger charge is -2.21. The molecule has 1 aliphatic heterocycles. The van der Waals surface area contributed by atoms with Crippen molar-refractivity contribution in [3.63, 3.8) is 0 Å². The minimum Gasteiger partial charge on any atom is -0.395 e. The summed E-state index contributed by atoms with van der Waals surface area (Å²) in [5.74, 6) is -0.147. The number of aliphatic hydroxyl groups excluding tert-OH is 1. The van der Waals surface area contributed by atoms with Gasteiger partial charge in [-0.05, 0) is 23.8 Å². The van der Waals surface area contributed by atoms with Crippen LogP contribution in [0.15, 0.2) is 23.1 Å². The second-order valence-corrected chi connectivity index (χ2v) is 6.60. The Bertz CT molecular complexity index is 629. The van der Waals surface area contributed by atoms with Gasteiger partial charge in [0.1, 0.15) is 0 Å². The van der Waals surface area contributed by atoms with Crippen LogP contribution in [0.1, 0.15) is 5.56 Å². The molecule has 0 bridgehead atoms. The van der Waals surface area contributed by atoms with Gasteiger partial charge in [0.2, 0.25) is 15.9 Å². The van der Waals surface area contributed by atoms with Crippen molar-refractivity contribution in [3.05, 3.63) is 23.8 Å². The highest BCUT2D eigenvalue weighted by molar-refractivity contribution is 7.89. The lowest BCUT2D eigenvalue weighted by Crippen LogP contribution is -2.36. The van der Waals surface area contributed by atoms with E-state index in [0.717, 1.165) is 0 Å². The highest BCUT2D eigenvalue weighted by Crippen LogP contribution is 2.27. The Morgan fingerprint density at radius 1 is 1.38 bits per heavy atom. The summed E-state index contributed by atoms with van der Waals surface area (Å²) in [6.07, 6.45) is 0.177. The third-order valence-electron chi connectivity index (χ3n) is 3.23. The number of amides is 1. The second-order valence-electron chi connectivity index (χ2n) is 4.66. The van der Waals surface area contributed by atoms with Gasteiger partial charge in [0.15, 0.2) is 0 Å². The van der Waals surface area contributed by atoms with E-state index in [4.69, 9.17) is 9.84 Å². The maximum absolute atomic E-state index is 12.6. The maximum Gasteiger partial charge on any atom is 0.243 e. The molecular formula is C13H18N2O5S. The van der Waals surface area contributed by atoms with Gasteiger partial charge in [-0.15, -0.1) is 0 Å². The number of fused-ring (bicyclic) bond motifs is 1. The molecule has 0 unspecified atom stereocenters. The van der Waals surface area contributed by atoms with E-state index < -0.39 is 10.0 Å². The average Bonchev–Trinajstić information content (AvgIpc) is 2.82. The summed E-state index contributed by atoms with van der Waals surface area (Å²) >= 11 is 0. The molecule has 2 rings (SSSR count). The Hall–Kier alpha value is -1.48. The molecule has 1 aromatic carbocycles. The molecular weight excluding hydrogens is 296 g/mol. The second kappa shape index (κ2) is 6.52. The van der Waals surface area contributed by atoms with Crippen molar-refractivity contribution in [3.8, 4) is 0 Å². The van der Waals surface area contributed by atoms with Gasteiger partial charge in [-0.2, -0.15) is 4.31 Å². The van der Waals surface area contributed by atoms with E-state index >= 15 is 0 Å². The number of hydrogen-bond acceptors (Lipinski definition) is 5. The zero-order chi connectivity index (χ0) is 15.5. The molecule has 0 fully saturated rings. The smallest absolute Gasteiger partial charge is 0.243 e. The van der Waals surface area contributed by atoms with Crippen molar-refractivity contribution in [1.82, 2.24) is 4.31 Å². The van der Waals surface area contributed by atoms with Crippen molar-refractivity contribution in [1.29, 1.82) is 0 Å². The van der Waals surface area contributed by atoms with Gasteiger partial charge in [0.25, 0.3) is 0 Å². The third-order valence-corrected chi connectivity index (χ3v) is 5.13. The van der Waals surface area contributed by atoms with Crippen LogP contribution in [0.3, 0.4) is 0 Å². The molecule has 0 aromatic heterocycles. The minimum absolute atomic E-state index is 0.0000410. The topological polar surface area (TPSA) is 95.9 Å². The van der Waals surface area contributed by atoms with Crippen LogP contribution in [0, 0.1) is 0 Å². The molecule has 7 nitrogen and oxygen atoms in total. The molecule has 21 heavy (non-hydrogen) atoms. The predicted octanol–water partition coefficient (Wildman–Crippen LogP) is -0.189. The fourth-order valence-electron chi connectivity index (χ4n) is 2.17. The SMILES string of the molecule is COCCN(CCO)S(=O)(=O)c1ccc2c(c1)CC(=O)N2. The van der Waals surface area contributed by atoms with E-state index in [2.05, 4.69) is 5.32 Å². The van der Waals surface area contributed by atoms with Gasteiger partial charge < -0.3 is 15.2 Å². The average molecular weight is 314 g/mol. The van der Waals surface area contributed by atoms with Gasteiger partial charge in [0, 0.05) is 25.9 Å². The number of nitrogens with one attached hydrogen (secondary N) is 1. The van der Waals surface area contributed by atoms with Crippen LogP contribution < -0.4 is 5.32 Å². The van der Waals surface area contributed by atoms with E-state index in [9.17, 15) is 13.2 Å². The molecule has 0 saturated heterocycles. The molecule has 0 aliphatic carbocycles. The largest absolute Gasteiger partial charge is 0.395 e. The molecule has 0 radical (unpaired) electrons. The zero-order valence-electron chi connectivity index (χ0n) is 11.7. The number of aliphatic hydroxyl groups is 1. The molecule has 1 aliphatic rings. The van der Waals surface area contributed by atoms with Crippen molar-refractivity contribution in [2.24, 2.45) is 0 Å². The van der Waals surface area contributed by atoms with Gasteiger partial charge in [-0.1, -0.05) is 0 Å². The normalized spacial score (nSPS) is 14.3. The molecule has 0 spiro atoms. The summed E-state index contributed by atoms with van der Waals surface area (Å²) in [6.45, 7) is 0.131.